The van der Waals surface area contributed by atoms with Crippen LogP contribution in [0.1, 0.15) is 77.0 Å². The van der Waals surface area contributed by atoms with Crippen LogP contribution in [0.15, 0.2) is 0 Å². The SMILES string of the molecule is C1CCOC1.C[Si](C)(C)C#C[Si](C)(C)C.[CH]1[CH][C](CC[C]2[CH][CH][C]3CCCC[C]32)[C]2CCCC[C]12.[Zr+2]. The van der Waals surface area contributed by atoms with Gasteiger partial charge in [-0.1, -0.05) is 65.0 Å². The molecule has 4 saturated carbocycles. The van der Waals surface area contributed by atoms with Crippen LogP contribution in [0, 0.1) is 72.3 Å². The van der Waals surface area contributed by atoms with E-state index in [0.717, 1.165) is 13.2 Å². The molecule has 4 aliphatic carbocycles. The van der Waals surface area contributed by atoms with E-state index in [1.165, 1.54) is 77.0 Å². The van der Waals surface area contributed by atoms with Gasteiger partial charge in [0, 0.05) is 13.2 Å². The monoisotopic (exact) mass is 596 g/mol. The zero-order valence-electron chi connectivity index (χ0n) is 24.1. The topological polar surface area (TPSA) is 9.23 Å². The number of rotatable bonds is 3. The third-order valence-electron chi connectivity index (χ3n) is 7.07. The summed E-state index contributed by atoms with van der Waals surface area (Å²) in [5.41, 5.74) is 6.82. The second kappa shape index (κ2) is 16.2. The number of hydrogen-bond acceptors (Lipinski definition) is 1. The summed E-state index contributed by atoms with van der Waals surface area (Å²) in [6, 6.07) is 0. The minimum atomic E-state index is -1.09. The molecule has 5 fully saturated rings. The largest absolute Gasteiger partial charge is 2.00 e. The van der Waals surface area contributed by atoms with Crippen LogP contribution in [-0.4, -0.2) is 29.4 Å². The van der Waals surface area contributed by atoms with Gasteiger partial charge in [0.15, 0.2) is 0 Å². The fourth-order valence-electron chi connectivity index (χ4n) is 5.19. The van der Waals surface area contributed by atoms with E-state index >= 15 is 0 Å². The van der Waals surface area contributed by atoms with Crippen molar-refractivity contribution < 1.29 is 30.9 Å². The molecule has 1 saturated heterocycles. The zero-order valence-corrected chi connectivity index (χ0v) is 28.6. The smallest absolute Gasteiger partial charge is 0.381 e. The van der Waals surface area contributed by atoms with Crippen molar-refractivity contribution in [2.45, 2.75) is 116 Å². The van der Waals surface area contributed by atoms with E-state index in [1.807, 2.05) is 0 Å². The Bertz CT molecular complexity index is 609. The molecule has 0 bridgehead atoms. The molecule has 1 nitrogen and oxygen atoms in total. The van der Waals surface area contributed by atoms with Crippen LogP contribution in [-0.2, 0) is 30.9 Å². The molecule has 0 amide bonds. The summed E-state index contributed by atoms with van der Waals surface area (Å²) < 4.78 is 4.94. The van der Waals surface area contributed by atoms with Gasteiger partial charge >= 0.3 is 26.2 Å². The molecular weight excluding hydrogens is 548 g/mol. The first-order valence-corrected chi connectivity index (χ1v) is 21.3. The van der Waals surface area contributed by atoms with Gasteiger partial charge in [0.05, 0.1) is 0 Å². The van der Waals surface area contributed by atoms with Gasteiger partial charge in [0.2, 0.25) is 0 Å². The van der Waals surface area contributed by atoms with Gasteiger partial charge in [-0.2, -0.15) is 0 Å². The van der Waals surface area contributed by atoms with Crippen molar-refractivity contribution in [3.63, 3.8) is 0 Å². The number of ether oxygens (including phenoxy) is 1. The van der Waals surface area contributed by atoms with E-state index in [-0.39, 0.29) is 26.2 Å². The molecule has 0 atom stereocenters. The first kappa shape index (κ1) is 33.0. The molecule has 10 radical (unpaired) electrons. The van der Waals surface area contributed by atoms with Crippen LogP contribution in [0.2, 0.25) is 39.3 Å². The van der Waals surface area contributed by atoms with Gasteiger partial charge in [-0.3, -0.25) is 0 Å². The first-order valence-electron chi connectivity index (χ1n) is 14.3. The number of fused-ring (bicyclic) bond motifs is 2. The first-order chi connectivity index (χ1) is 16.6. The Hall–Kier alpha value is 0.837. The third kappa shape index (κ3) is 11.9. The Balaban J connectivity index is 0.000000240. The average Bonchev–Trinajstić information content (AvgIpc) is 3.58. The van der Waals surface area contributed by atoms with Gasteiger partial charge in [-0.15, -0.1) is 11.1 Å². The third-order valence-corrected chi connectivity index (χ3v) is 9.07. The maximum Gasteiger partial charge on any atom is 2.00 e. The molecule has 0 aromatic heterocycles. The van der Waals surface area contributed by atoms with Gasteiger partial charge in [0.1, 0.15) is 16.1 Å². The Labute approximate surface area is 247 Å². The molecule has 36 heavy (non-hydrogen) atoms. The molecule has 0 N–H and O–H groups in total. The van der Waals surface area contributed by atoms with Crippen molar-refractivity contribution in [3.8, 4) is 11.1 Å². The van der Waals surface area contributed by atoms with Crippen LogP contribution in [0.5, 0.6) is 0 Å². The van der Waals surface area contributed by atoms with Crippen LogP contribution in [0.3, 0.4) is 0 Å². The molecular formula is C32H50OSi2Zr+2. The molecule has 4 heteroatoms. The Kier molecular flexibility index (Phi) is 14.9. The van der Waals surface area contributed by atoms with E-state index in [0.29, 0.717) is 0 Å². The van der Waals surface area contributed by atoms with E-state index in [4.69, 9.17) is 4.74 Å². The van der Waals surface area contributed by atoms with Crippen molar-refractivity contribution in [1.82, 2.24) is 0 Å². The normalized spacial score (nSPS) is 24.4. The summed E-state index contributed by atoms with van der Waals surface area (Å²) in [5.74, 6) is 10.00. The molecule has 194 valence electrons. The predicted molar refractivity (Wildman–Crippen MR) is 157 cm³/mol. The van der Waals surface area contributed by atoms with Crippen molar-refractivity contribution in [2.75, 3.05) is 13.2 Å². The molecule has 5 rings (SSSR count). The minimum absolute atomic E-state index is 0. The van der Waals surface area contributed by atoms with E-state index in [1.54, 1.807) is 35.5 Å². The predicted octanol–water partition coefficient (Wildman–Crippen LogP) is 8.74. The summed E-state index contributed by atoms with van der Waals surface area (Å²) in [7, 11) is -2.19. The summed E-state index contributed by atoms with van der Waals surface area (Å²) in [6.07, 6.45) is 25.6. The molecule has 1 aliphatic heterocycles. The fraction of sp³-hybridized carbons (Fsp3) is 0.625. The second-order valence-corrected chi connectivity index (χ2v) is 22.2. The van der Waals surface area contributed by atoms with Crippen molar-refractivity contribution in [1.29, 1.82) is 0 Å². The van der Waals surface area contributed by atoms with Gasteiger partial charge in [-0.25, -0.2) is 0 Å². The van der Waals surface area contributed by atoms with Crippen molar-refractivity contribution in [2.24, 2.45) is 0 Å². The maximum atomic E-state index is 4.94. The molecule has 5 aliphatic rings. The second-order valence-electron chi connectivity index (χ2n) is 12.7. The van der Waals surface area contributed by atoms with Gasteiger partial charge < -0.3 is 4.74 Å². The van der Waals surface area contributed by atoms with Crippen LogP contribution in [0.4, 0.5) is 0 Å². The molecule has 0 aromatic rings. The average molecular weight is 598 g/mol. The fourth-order valence-corrected chi connectivity index (χ4v) is 8.19. The molecule has 0 unspecified atom stereocenters. The van der Waals surface area contributed by atoms with Gasteiger partial charge in [0.25, 0.3) is 0 Å². The summed E-state index contributed by atoms with van der Waals surface area (Å²) in [5, 5.41) is 0. The van der Waals surface area contributed by atoms with Crippen LogP contribution < -0.4 is 0 Å². The maximum absolute atomic E-state index is 4.94. The summed E-state index contributed by atoms with van der Waals surface area (Å²) in [6.45, 7) is 15.8. The van der Waals surface area contributed by atoms with Crippen molar-refractivity contribution in [3.05, 3.63) is 61.2 Å². The molecule has 0 spiro atoms. The standard InChI is InChI=1S/C20H24.C8H18Si2.C4H8O.Zr/c1-3-7-19-15(5-1)9-11-17(19)13-14-18-12-10-16-6-2-4-8-20(16)18;1-9(2,3)7-8-10(4,5)6;1-2-4-5-3-1;/h9-12H,1-8,13-14H2;1-6H3;1-4H2;/q;;;+2. The molecule has 1 heterocycles. The summed E-state index contributed by atoms with van der Waals surface area (Å²) in [4.78, 5) is 0. The van der Waals surface area contributed by atoms with E-state index < -0.39 is 16.1 Å². The quantitative estimate of drug-likeness (QED) is 0.233. The zero-order chi connectivity index (χ0) is 25.3. The Morgan fingerprint density at radius 1 is 0.583 bits per heavy atom. The van der Waals surface area contributed by atoms with Crippen molar-refractivity contribution >= 4 is 16.1 Å². The van der Waals surface area contributed by atoms with Crippen LogP contribution in [0.25, 0.3) is 0 Å². The number of hydrogen-bond donors (Lipinski definition) is 0. The Morgan fingerprint density at radius 2 is 0.972 bits per heavy atom. The Morgan fingerprint density at radius 3 is 1.31 bits per heavy atom. The minimum Gasteiger partial charge on any atom is -0.381 e. The van der Waals surface area contributed by atoms with Crippen LogP contribution >= 0.6 is 0 Å². The summed E-state index contributed by atoms with van der Waals surface area (Å²) >= 11 is 0. The molecule has 0 aromatic carbocycles. The van der Waals surface area contributed by atoms with Gasteiger partial charge in [-0.05, 0) is 113 Å². The van der Waals surface area contributed by atoms with E-state index in [2.05, 4.69) is 76.1 Å². The van der Waals surface area contributed by atoms with E-state index in [9.17, 15) is 0 Å².